The molecule has 1 aromatic carbocycles. The van der Waals surface area contributed by atoms with Gasteiger partial charge in [0, 0.05) is 12.6 Å². The van der Waals surface area contributed by atoms with Gasteiger partial charge in [-0.1, -0.05) is 6.07 Å². The molecule has 0 aliphatic carbocycles. The molecule has 6 heteroatoms. The van der Waals surface area contributed by atoms with Crippen LogP contribution in [0.4, 0.5) is 0 Å². The van der Waals surface area contributed by atoms with Crippen molar-refractivity contribution in [3.63, 3.8) is 0 Å². The van der Waals surface area contributed by atoms with E-state index in [0.29, 0.717) is 18.0 Å². The zero-order chi connectivity index (χ0) is 14.4. The van der Waals surface area contributed by atoms with Gasteiger partial charge in [-0.3, -0.25) is 9.59 Å². The zero-order valence-corrected chi connectivity index (χ0v) is 11.1. The Morgan fingerprint density at radius 2 is 2.05 bits per heavy atom. The monoisotopic (exact) mass is 276 g/mol. The fraction of sp³-hybridized carbons (Fsp3) is 0.286. The summed E-state index contributed by atoms with van der Waals surface area (Å²) in [6, 6.07) is 5.39. The molecule has 1 heterocycles. The van der Waals surface area contributed by atoms with Crippen molar-refractivity contribution in [2.24, 2.45) is 0 Å². The van der Waals surface area contributed by atoms with Crippen molar-refractivity contribution in [1.29, 1.82) is 0 Å². The first-order valence-corrected chi connectivity index (χ1v) is 6.31. The average Bonchev–Trinajstić information content (AvgIpc) is 2.90. The van der Waals surface area contributed by atoms with Gasteiger partial charge in [-0.2, -0.15) is 0 Å². The van der Waals surface area contributed by atoms with Gasteiger partial charge in [0.2, 0.25) is 18.6 Å². The Morgan fingerprint density at radius 1 is 1.25 bits per heavy atom. The van der Waals surface area contributed by atoms with Gasteiger partial charge < -0.3 is 20.1 Å². The quantitative estimate of drug-likeness (QED) is 0.775. The van der Waals surface area contributed by atoms with E-state index in [4.69, 9.17) is 9.47 Å². The molecule has 1 aromatic rings. The molecule has 1 aliphatic heterocycles. The van der Waals surface area contributed by atoms with E-state index in [-0.39, 0.29) is 25.2 Å². The molecular weight excluding hydrogens is 260 g/mol. The first-order valence-electron chi connectivity index (χ1n) is 6.31. The molecule has 0 radical (unpaired) electrons. The highest BCUT2D eigenvalue weighted by Gasteiger charge is 2.12. The SMILES string of the molecule is CCNC(=O)CNC(=O)/C=C/c1ccc2c(c1)OCO2. The van der Waals surface area contributed by atoms with Crippen LogP contribution in [0, 0.1) is 0 Å². The smallest absolute Gasteiger partial charge is 0.244 e. The van der Waals surface area contributed by atoms with Crippen molar-refractivity contribution in [1.82, 2.24) is 10.6 Å². The van der Waals surface area contributed by atoms with Crippen LogP contribution in [0.3, 0.4) is 0 Å². The lowest BCUT2D eigenvalue weighted by Gasteiger charge is -2.02. The number of fused-ring (bicyclic) bond motifs is 1. The van der Waals surface area contributed by atoms with Crippen LogP contribution in [0.25, 0.3) is 6.08 Å². The number of amides is 2. The number of hydrogen-bond donors (Lipinski definition) is 2. The van der Waals surface area contributed by atoms with Crippen LogP contribution >= 0.6 is 0 Å². The fourth-order valence-corrected chi connectivity index (χ4v) is 1.67. The predicted octanol–water partition coefficient (Wildman–Crippen LogP) is 0.681. The molecule has 106 valence electrons. The molecule has 2 rings (SSSR count). The minimum Gasteiger partial charge on any atom is -0.454 e. The standard InChI is InChI=1S/C14H16N2O4/c1-2-15-14(18)8-16-13(17)6-4-10-3-5-11-12(7-10)20-9-19-11/h3-7H,2,8-9H2,1H3,(H,15,18)(H,16,17)/b6-4+. The molecule has 0 atom stereocenters. The van der Waals surface area contributed by atoms with Crippen molar-refractivity contribution in [3.8, 4) is 11.5 Å². The largest absolute Gasteiger partial charge is 0.454 e. The van der Waals surface area contributed by atoms with Gasteiger partial charge in [0.25, 0.3) is 0 Å². The molecular formula is C14H16N2O4. The number of rotatable bonds is 5. The van der Waals surface area contributed by atoms with Crippen LogP contribution < -0.4 is 20.1 Å². The van der Waals surface area contributed by atoms with Crippen LogP contribution in [0.15, 0.2) is 24.3 Å². The van der Waals surface area contributed by atoms with Crippen LogP contribution in [0.5, 0.6) is 11.5 Å². The van der Waals surface area contributed by atoms with Gasteiger partial charge in [-0.05, 0) is 30.7 Å². The summed E-state index contributed by atoms with van der Waals surface area (Å²) in [5, 5.41) is 5.09. The maximum atomic E-state index is 11.5. The second-order valence-corrected chi connectivity index (χ2v) is 4.12. The molecule has 2 amide bonds. The lowest BCUT2D eigenvalue weighted by atomic mass is 10.2. The summed E-state index contributed by atoms with van der Waals surface area (Å²) in [6.45, 7) is 2.55. The van der Waals surface area contributed by atoms with Crippen molar-refractivity contribution in [2.75, 3.05) is 19.9 Å². The van der Waals surface area contributed by atoms with E-state index in [2.05, 4.69) is 10.6 Å². The highest BCUT2D eigenvalue weighted by atomic mass is 16.7. The van der Waals surface area contributed by atoms with Gasteiger partial charge >= 0.3 is 0 Å². The molecule has 6 nitrogen and oxygen atoms in total. The van der Waals surface area contributed by atoms with Crippen molar-refractivity contribution in [2.45, 2.75) is 6.92 Å². The third-order valence-corrected chi connectivity index (χ3v) is 2.62. The number of ether oxygens (including phenoxy) is 2. The highest BCUT2D eigenvalue weighted by molar-refractivity contribution is 5.94. The number of carbonyl (C=O) groups is 2. The average molecular weight is 276 g/mol. The number of likely N-dealkylation sites (N-methyl/N-ethyl adjacent to an activating group) is 1. The van der Waals surface area contributed by atoms with Crippen molar-refractivity contribution >= 4 is 17.9 Å². The van der Waals surface area contributed by atoms with Crippen LogP contribution in [-0.4, -0.2) is 31.7 Å². The highest BCUT2D eigenvalue weighted by Crippen LogP contribution is 2.32. The molecule has 2 N–H and O–H groups in total. The summed E-state index contributed by atoms with van der Waals surface area (Å²) in [5.74, 6) is 0.823. The number of benzene rings is 1. The topological polar surface area (TPSA) is 76.7 Å². The fourth-order valence-electron chi connectivity index (χ4n) is 1.67. The number of hydrogen-bond acceptors (Lipinski definition) is 4. The minimum atomic E-state index is -0.325. The summed E-state index contributed by atoms with van der Waals surface area (Å²) >= 11 is 0. The molecule has 0 bridgehead atoms. The third kappa shape index (κ3) is 3.74. The Morgan fingerprint density at radius 3 is 2.85 bits per heavy atom. The zero-order valence-electron chi connectivity index (χ0n) is 11.1. The molecule has 20 heavy (non-hydrogen) atoms. The predicted molar refractivity (Wildman–Crippen MR) is 73.3 cm³/mol. The maximum Gasteiger partial charge on any atom is 0.244 e. The van der Waals surface area contributed by atoms with E-state index in [9.17, 15) is 9.59 Å². The minimum absolute atomic E-state index is 0.0296. The number of nitrogens with one attached hydrogen (secondary N) is 2. The summed E-state index contributed by atoms with van der Waals surface area (Å²) in [5.41, 5.74) is 0.822. The van der Waals surface area contributed by atoms with E-state index in [0.717, 1.165) is 5.56 Å². The van der Waals surface area contributed by atoms with Crippen LogP contribution in [0.1, 0.15) is 12.5 Å². The lowest BCUT2D eigenvalue weighted by molar-refractivity contribution is -0.123. The Kier molecular flexibility index (Phi) is 4.60. The molecule has 0 saturated heterocycles. The van der Waals surface area contributed by atoms with E-state index >= 15 is 0 Å². The third-order valence-electron chi connectivity index (χ3n) is 2.62. The van der Waals surface area contributed by atoms with E-state index in [1.54, 1.807) is 18.2 Å². The van der Waals surface area contributed by atoms with E-state index in [1.807, 2.05) is 13.0 Å². The first kappa shape index (κ1) is 13.9. The summed E-state index contributed by atoms with van der Waals surface area (Å²) in [6.07, 6.45) is 3.02. The lowest BCUT2D eigenvalue weighted by Crippen LogP contribution is -2.35. The summed E-state index contributed by atoms with van der Waals surface area (Å²) < 4.78 is 10.4. The van der Waals surface area contributed by atoms with Crippen LogP contribution in [0.2, 0.25) is 0 Å². The second kappa shape index (κ2) is 6.60. The van der Waals surface area contributed by atoms with E-state index < -0.39 is 0 Å². The van der Waals surface area contributed by atoms with Gasteiger partial charge in [0.05, 0.1) is 6.54 Å². The van der Waals surface area contributed by atoms with Crippen LogP contribution in [-0.2, 0) is 9.59 Å². The first-order chi connectivity index (χ1) is 9.69. The molecule has 0 unspecified atom stereocenters. The summed E-state index contributed by atoms with van der Waals surface area (Å²) in [7, 11) is 0. The Bertz CT molecular complexity index is 540. The van der Waals surface area contributed by atoms with E-state index in [1.165, 1.54) is 6.08 Å². The number of carbonyl (C=O) groups excluding carboxylic acids is 2. The molecule has 1 aliphatic rings. The normalized spacial score (nSPS) is 12.4. The Balaban J connectivity index is 1.86. The van der Waals surface area contributed by atoms with Gasteiger partial charge in [0.1, 0.15) is 0 Å². The second-order valence-electron chi connectivity index (χ2n) is 4.12. The molecule has 0 spiro atoms. The molecule has 0 aromatic heterocycles. The van der Waals surface area contributed by atoms with Gasteiger partial charge in [-0.15, -0.1) is 0 Å². The summed E-state index contributed by atoms with van der Waals surface area (Å²) in [4.78, 5) is 22.7. The maximum absolute atomic E-state index is 11.5. The van der Waals surface area contributed by atoms with Gasteiger partial charge in [0.15, 0.2) is 11.5 Å². The molecule has 0 fully saturated rings. The van der Waals surface area contributed by atoms with Crippen molar-refractivity contribution in [3.05, 3.63) is 29.8 Å². The van der Waals surface area contributed by atoms with Gasteiger partial charge in [-0.25, -0.2) is 0 Å². The Labute approximate surface area is 116 Å². The Hall–Kier alpha value is -2.50. The molecule has 0 saturated carbocycles. The van der Waals surface area contributed by atoms with Crippen molar-refractivity contribution < 1.29 is 19.1 Å².